The van der Waals surface area contributed by atoms with Gasteiger partial charge in [0.15, 0.2) is 0 Å². The number of rotatable bonds is 2. The molecular formula is C9H14N2S. The Bertz CT molecular complexity index is 284. The van der Waals surface area contributed by atoms with Crippen LogP contribution in [-0.2, 0) is 6.42 Å². The molecule has 0 spiro atoms. The van der Waals surface area contributed by atoms with Crippen molar-refractivity contribution in [2.75, 3.05) is 17.7 Å². The number of hydrogen-bond donors (Lipinski definition) is 2. The Kier molecular flexibility index (Phi) is 2.87. The molecule has 0 fully saturated rings. The summed E-state index contributed by atoms with van der Waals surface area (Å²) in [5.74, 6) is 0. The third-order valence-corrected chi connectivity index (χ3v) is 2.72. The van der Waals surface area contributed by atoms with E-state index in [4.69, 9.17) is 11.5 Å². The summed E-state index contributed by atoms with van der Waals surface area (Å²) in [6, 6.07) is 3.88. The minimum atomic E-state index is 0.799. The number of benzene rings is 1. The average Bonchev–Trinajstić information content (AvgIpc) is 2.06. The molecule has 4 N–H and O–H groups in total. The zero-order valence-corrected chi connectivity index (χ0v) is 8.24. The second-order valence-electron chi connectivity index (χ2n) is 2.60. The predicted molar refractivity (Wildman–Crippen MR) is 56.4 cm³/mol. The van der Waals surface area contributed by atoms with Crippen molar-refractivity contribution in [3.05, 3.63) is 17.7 Å². The molecule has 0 unspecified atom stereocenters. The van der Waals surface area contributed by atoms with Gasteiger partial charge in [-0.25, -0.2) is 0 Å². The number of hydrogen-bond acceptors (Lipinski definition) is 3. The highest BCUT2D eigenvalue weighted by Crippen LogP contribution is 2.30. The largest absolute Gasteiger partial charge is 0.398 e. The van der Waals surface area contributed by atoms with Gasteiger partial charge >= 0.3 is 0 Å². The molecule has 0 aromatic heterocycles. The van der Waals surface area contributed by atoms with Crippen molar-refractivity contribution in [1.29, 1.82) is 0 Å². The molecular weight excluding hydrogens is 168 g/mol. The lowest BCUT2D eigenvalue weighted by Crippen LogP contribution is -2.00. The molecule has 0 saturated carbocycles. The van der Waals surface area contributed by atoms with E-state index in [0.717, 1.165) is 28.3 Å². The average molecular weight is 182 g/mol. The quantitative estimate of drug-likeness (QED) is 0.544. The van der Waals surface area contributed by atoms with Crippen LogP contribution in [0.1, 0.15) is 12.5 Å². The van der Waals surface area contributed by atoms with E-state index in [-0.39, 0.29) is 0 Å². The van der Waals surface area contributed by atoms with E-state index in [2.05, 4.69) is 6.92 Å². The first-order valence-electron chi connectivity index (χ1n) is 3.91. The topological polar surface area (TPSA) is 52.0 Å². The molecule has 66 valence electrons. The Morgan fingerprint density at radius 1 is 1.33 bits per heavy atom. The fourth-order valence-electron chi connectivity index (χ4n) is 1.23. The fourth-order valence-corrected chi connectivity index (χ4v) is 1.78. The number of nitrogens with two attached hydrogens (primary N) is 2. The molecule has 3 heteroatoms. The molecule has 0 bridgehead atoms. The summed E-state index contributed by atoms with van der Waals surface area (Å²) in [5.41, 5.74) is 14.4. The van der Waals surface area contributed by atoms with Gasteiger partial charge in [0.2, 0.25) is 0 Å². The van der Waals surface area contributed by atoms with E-state index in [1.807, 2.05) is 18.4 Å². The first-order chi connectivity index (χ1) is 5.70. The highest BCUT2D eigenvalue weighted by atomic mass is 32.2. The normalized spacial score (nSPS) is 10.2. The molecule has 12 heavy (non-hydrogen) atoms. The Morgan fingerprint density at radius 2 is 2.00 bits per heavy atom. The summed E-state index contributed by atoms with van der Waals surface area (Å²) in [6.45, 7) is 2.06. The summed E-state index contributed by atoms with van der Waals surface area (Å²) in [4.78, 5) is 1.11. The van der Waals surface area contributed by atoms with Crippen LogP contribution in [0.25, 0.3) is 0 Å². The maximum atomic E-state index is 5.90. The van der Waals surface area contributed by atoms with E-state index in [1.54, 1.807) is 11.8 Å². The van der Waals surface area contributed by atoms with Gasteiger partial charge in [-0.15, -0.1) is 11.8 Å². The van der Waals surface area contributed by atoms with E-state index >= 15 is 0 Å². The first kappa shape index (κ1) is 9.26. The minimum absolute atomic E-state index is 0.799. The van der Waals surface area contributed by atoms with Crippen molar-refractivity contribution < 1.29 is 0 Å². The summed E-state index contributed by atoms with van der Waals surface area (Å²) in [7, 11) is 0. The molecule has 0 heterocycles. The van der Waals surface area contributed by atoms with Gasteiger partial charge in [0.25, 0.3) is 0 Å². The van der Waals surface area contributed by atoms with Gasteiger partial charge in [0.05, 0.1) is 5.69 Å². The Balaban J connectivity index is 3.24. The molecule has 0 aliphatic carbocycles. The smallest absolute Gasteiger partial charge is 0.0505 e. The van der Waals surface area contributed by atoms with Crippen LogP contribution in [0.5, 0.6) is 0 Å². The summed E-state index contributed by atoms with van der Waals surface area (Å²) < 4.78 is 0. The molecule has 0 aliphatic heterocycles. The van der Waals surface area contributed by atoms with Crippen LogP contribution in [0.3, 0.4) is 0 Å². The number of thioether (sulfide) groups is 1. The summed E-state index contributed by atoms with van der Waals surface area (Å²) in [6.07, 6.45) is 2.91. The molecule has 0 amide bonds. The van der Waals surface area contributed by atoms with Gasteiger partial charge in [0.1, 0.15) is 0 Å². The monoisotopic (exact) mass is 182 g/mol. The second kappa shape index (κ2) is 3.72. The van der Waals surface area contributed by atoms with Gasteiger partial charge < -0.3 is 11.5 Å². The summed E-state index contributed by atoms with van der Waals surface area (Å²) >= 11 is 1.65. The Morgan fingerprint density at radius 3 is 2.50 bits per heavy atom. The lowest BCUT2D eigenvalue weighted by atomic mass is 10.1. The van der Waals surface area contributed by atoms with Crippen LogP contribution in [0, 0.1) is 0 Å². The Hall–Kier alpha value is -0.830. The molecule has 1 aromatic carbocycles. The lowest BCUT2D eigenvalue weighted by molar-refractivity contribution is 1.13. The predicted octanol–water partition coefficient (Wildman–Crippen LogP) is 2.14. The van der Waals surface area contributed by atoms with Gasteiger partial charge in [-0.05, 0) is 30.4 Å². The summed E-state index contributed by atoms with van der Waals surface area (Å²) in [5, 5.41) is 0. The molecule has 1 aromatic rings. The van der Waals surface area contributed by atoms with Crippen molar-refractivity contribution in [2.45, 2.75) is 18.2 Å². The molecule has 0 aliphatic rings. The Labute approximate surface area is 77.3 Å². The van der Waals surface area contributed by atoms with Crippen LogP contribution in [-0.4, -0.2) is 6.26 Å². The van der Waals surface area contributed by atoms with Gasteiger partial charge in [-0.2, -0.15) is 0 Å². The zero-order chi connectivity index (χ0) is 9.14. The van der Waals surface area contributed by atoms with Crippen molar-refractivity contribution in [3.63, 3.8) is 0 Å². The SMILES string of the molecule is CCc1c(N)ccc(SC)c1N. The number of anilines is 2. The van der Waals surface area contributed by atoms with Gasteiger partial charge in [-0.3, -0.25) is 0 Å². The van der Waals surface area contributed by atoms with Crippen LogP contribution < -0.4 is 11.5 Å². The second-order valence-corrected chi connectivity index (χ2v) is 3.45. The maximum absolute atomic E-state index is 5.90. The fraction of sp³-hybridized carbons (Fsp3) is 0.333. The van der Waals surface area contributed by atoms with Crippen LogP contribution >= 0.6 is 11.8 Å². The van der Waals surface area contributed by atoms with Gasteiger partial charge in [0, 0.05) is 10.6 Å². The van der Waals surface area contributed by atoms with E-state index in [9.17, 15) is 0 Å². The molecule has 2 nitrogen and oxygen atoms in total. The van der Waals surface area contributed by atoms with Crippen LogP contribution in [0.2, 0.25) is 0 Å². The standard InChI is InChI=1S/C9H14N2S/c1-3-6-7(10)4-5-8(12-2)9(6)11/h4-5H,3,10-11H2,1-2H3. The molecule has 1 rings (SSSR count). The van der Waals surface area contributed by atoms with Crippen LogP contribution in [0.15, 0.2) is 17.0 Å². The molecule has 0 atom stereocenters. The van der Waals surface area contributed by atoms with Crippen LogP contribution in [0.4, 0.5) is 11.4 Å². The third-order valence-electron chi connectivity index (χ3n) is 1.93. The molecule has 0 saturated heterocycles. The first-order valence-corrected chi connectivity index (χ1v) is 5.14. The molecule has 0 radical (unpaired) electrons. The van der Waals surface area contributed by atoms with Crippen molar-refractivity contribution in [3.8, 4) is 0 Å². The van der Waals surface area contributed by atoms with Crippen molar-refractivity contribution in [1.82, 2.24) is 0 Å². The van der Waals surface area contributed by atoms with Crippen molar-refractivity contribution >= 4 is 23.1 Å². The third kappa shape index (κ3) is 1.50. The van der Waals surface area contributed by atoms with E-state index < -0.39 is 0 Å². The van der Waals surface area contributed by atoms with Gasteiger partial charge in [-0.1, -0.05) is 6.92 Å². The minimum Gasteiger partial charge on any atom is -0.398 e. The van der Waals surface area contributed by atoms with Crippen molar-refractivity contribution in [2.24, 2.45) is 0 Å². The maximum Gasteiger partial charge on any atom is 0.0505 e. The van der Waals surface area contributed by atoms with E-state index in [1.165, 1.54) is 0 Å². The highest BCUT2D eigenvalue weighted by Gasteiger charge is 2.05. The zero-order valence-electron chi connectivity index (χ0n) is 7.42. The lowest BCUT2D eigenvalue weighted by Gasteiger charge is -2.10. The highest BCUT2D eigenvalue weighted by molar-refractivity contribution is 7.98. The number of nitrogen functional groups attached to an aromatic ring is 2. The van der Waals surface area contributed by atoms with E-state index in [0.29, 0.717) is 0 Å².